The normalized spacial score (nSPS) is 8.62. The molecule has 0 heterocycles. The van der Waals surface area contributed by atoms with Crippen LogP contribution in [0.15, 0.2) is 48.5 Å². The smallest absolute Gasteiger partial charge is 0.213 e. The molecule has 0 unspecified atom stereocenters. The monoisotopic (exact) mass is 377 g/mol. The summed E-state index contributed by atoms with van der Waals surface area (Å²) in [5.74, 6) is -0.818. The molecule has 0 bridgehead atoms. The van der Waals surface area contributed by atoms with E-state index in [0.717, 1.165) is 0 Å². The van der Waals surface area contributed by atoms with Gasteiger partial charge in [-0.05, 0) is 37.3 Å². The number of halogens is 4. The molecular weight excluding hydrogens is 359 g/mol. The molecule has 0 aliphatic heterocycles. The first-order valence-corrected chi connectivity index (χ1v) is 6.51. The van der Waals surface area contributed by atoms with Crippen LogP contribution in [0.3, 0.4) is 0 Å². The second-order valence-electron chi connectivity index (χ2n) is 4.20. The SMILES string of the molecule is CCOC(=N)c1cccc(F)c1.Cl.Cl.N=C(N)c1cccc(F)c1. The van der Waals surface area contributed by atoms with Crippen molar-refractivity contribution < 1.29 is 13.5 Å². The lowest BCUT2D eigenvalue weighted by molar-refractivity contribution is 0.325. The van der Waals surface area contributed by atoms with Gasteiger partial charge in [-0.1, -0.05) is 18.2 Å². The van der Waals surface area contributed by atoms with Crippen LogP contribution >= 0.6 is 24.8 Å². The molecule has 132 valence electrons. The summed E-state index contributed by atoms with van der Waals surface area (Å²) in [4.78, 5) is 0. The maximum Gasteiger partial charge on any atom is 0.213 e. The van der Waals surface area contributed by atoms with Crippen molar-refractivity contribution in [3.8, 4) is 0 Å². The lowest BCUT2D eigenvalue weighted by atomic mass is 10.2. The van der Waals surface area contributed by atoms with Crippen LogP contribution in [0.1, 0.15) is 18.1 Å². The third kappa shape index (κ3) is 8.45. The zero-order valence-electron chi connectivity index (χ0n) is 12.9. The molecule has 0 spiro atoms. The molecule has 0 saturated carbocycles. The van der Waals surface area contributed by atoms with Gasteiger partial charge in [0.05, 0.1) is 6.61 Å². The van der Waals surface area contributed by atoms with E-state index in [1.807, 2.05) is 0 Å². The van der Waals surface area contributed by atoms with E-state index in [9.17, 15) is 8.78 Å². The van der Waals surface area contributed by atoms with Crippen LogP contribution in [-0.2, 0) is 4.74 Å². The van der Waals surface area contributed by atoms with Crippen LogP contribution in [0.2, 0.25) is 0 Å². The Morgan fingerprint density at radius 2 is 1.42 bits per heavy atom. The Morgan fingerprint density at radius 3 is 1.79 bits per heavy atom. The van der Waals surface area contributed by atoms with Crippen LogP contribution in [-0.4, -0.2) is 18.3 Å². The van der Waals surface area contributed by atoms with Gasteiger partial charge in [0.15, 0.2) is 0 Å². The minimum atomic E-state index is -0.368. The number of nitrogens with two attached hydrogens (primary N) is 1. The Morgan fingerprint density at radius 1 is 0.958 bits per heavy atom. The number of hydrogen-bond acceptors (Lipinski definition) is 3. The minimum absolute atomic E-state index is 0. The van der Waals surface area contributed by atoms with Gasteiger partial charge in [-0.15, -0.1) is 24.8 Å². The highest BCUT2D eigenvalue weighted by atomic mass is 35.5. The predicted octanol–water partition coefficient (Wildman–Crippen LogP) is 4.14. The Bertz CT molecular complexity index is 669. The second kappa shape index (κ2) is 12.3. The van der Waals surface area contributed by atoms with E-state index in [0.29, 0.717) is 17.7 Å². The largest absolute Gasteiger partial charge is 0.478 e. The quantitative estimate of drug-likeness (QED) is 0.554. The van der Waals surface area contributed by atoms with Crippen LogP contribution < -0.4 is 5.73 Å². The number of ether oxygens (including phenoxy) is 1. The lowest BCUT2D eigenvalue weighted by Crippen LogP contribution is -2.10. The maximum atomic E-state index is 12.6. The third-order valence-corrected chi connectivity index (χ3v) is 2.51. The Hall–Kier alpha value is -2.18. The molecule has 24 heavy (non-hydrogen) atoms. The van der Waals surface area contributed by atoms with Crippen molar-refractivity contribution in [3.63, 3.8) is 0 Å². The molecule has 0 fully saturated rings. The fraction of sp³-hybridized carbons (Fsp3) is 0.125. The molecular formula is C16H19Cl2F2N3O. The van der Waals surface area contributed by atoms with Crippen molar-refractivity contribution >= 4 is 36.5 Å². The van der Waals surface area contributed by atoms with E-state index < -0.39 is 0 Å². The van der Waals surface area contributed by atoms with Gasteiger partial charge in [0.2, 0.25) is 5.90 Å². The summed E-state index contributed by atoms with van der Waals surface area (Å²) in [5, 5.41) is 14.3. The van der Waals surface area contributed by atoms with E-state index in [4.69, 9.17) is 21.3 Å². The molecule has 0 saturated heterocycles. The Kier molecular flexibility index (Phi) is 12.3. The molecule has 0 radical (unpaired) electrons. The zero-order valence-corrected chi connectivity index (χ0v) is 14.5. The molecule has 2 aromatic carbocycles. The van der Waals surface area contributed by atoms with Crippen molar-refractivity contribution in [3.05, 3.63) is 71.3 Å². The zero-order chi connectivity index (χ0) is 16.5. The number of nitrogen functional groups attached to an aromatic ring is 1. The molecule has 8 heteroatoms. The number of amidine groups is 1. The van der Waals surface area contributed by atoms with Crippen molar-refractivity contribution in [1.29, 1.82) is 10.8 Å². The van der Waals surface area contributed by atoms with E-state index in [-0.39, 0.29) is 48.2 Å². The van der Waals surface area contributed by atoms with Crippen molar-refractivity contribution in [2.45, 2.75) is 6.92 Å². The van der Waals surface area contributed by atoms with Crippen molar-refractivity contribution in [1.82, 2.24) is 0 Å². The first kappa shape index (κ1) is 24.1. The predicted molar refractivity (Wildman–Crippen MR) is 96.8 cm³/mol. The summed E-state index contributed by atoms with van der Waals surface area (Å²) in [7, 11) is 0. The maximum absolute atomic E-state index is 12.6. The minimum Gasteiger partial charge on any atom is -0.478 e. The highest BCUT2D eigenvalue weighted by Crippen LogP contribution is 2.04. The number of hydrogen-bond donors (Lipinski definition) is 3. The molecule has 0 aliphatic carbocycles. The standard InChI is InChI=1S/C9H10FNO.C7H7FN2.2ClH/c1-2-12-9(11)7-4-3-5-8(10)6-7;8-6-3-1-2-5(4-6)7(9)10;;/h3-6,11H,2H2,1H3;1-4H,(H3,9,10);2*1H. The average molecular weight is 378 g/mol. The highest BCUT2D eigenvalue weighted by Gasteiger charge is 2.01. The fourth-order valence-electron chi connectivity index (χ4n) is 1.51. The summed E-state index contributed by atoms with van der Waals surface area (Å²) in [6.45, 7) is 2.21. The summed E-state index contributed by atoms with van der Waals surface area (Å²) in [6.07, 6.45) is 0. The first-order valence-electron chi connectivity index (χ1n) is 6.51. The topological polar surface area (TPSA) is 83.0 Å². The van der Waals surface area contributed by atoms with E-state index in [2.05, 4.69) is 0 Å². The summed E-state index contributed by atoms with van der Waals surface area (Å²) in [5.41, 5.74) is 5.99. The van der Waals surface area contributed by atoms with Crippen molar-refractivity contribution in [2.75, 3.05) is 6.61 Å². The molecule has 0 amide bonds. The van der Waals surface area contributed by atoms with Gasteiger partial charge in [-0.2, -0.15) is 0 Å². The molecule has 4 nitrogen and oxygen atoms in total. The van der Waals surface area contributed by atoms with Gasteiger partial charge in [-0.3, -0.25) is 10.8 Å². The first-order chi connectivity index (χ1) is 10.4. The van der Waals surface area contributed by atoms with Gasteiger partial charge in [0.25, 0.3) is 0 Å². The number of rotatable bonds is 3. The van der Waals surface area contributed by atoms with E-state index in [1.165, 1.54) is 30.3 Å². The van der Waals surface area contributed by atoms with Gasteiger partial charge in [0, 0.05) is 11.1 Å². The molecule has 0 aliphatic rings. The molecule has 4 N–H and O–H groups in total. The number of nitrogens with one attached hydrogen (secondary N) is 2. The summed E-state index contributed by atoms with van der Waals surface area (Å²) >= 11 is 0. The number of benzene rings is 2. The second-order valence-corrected chi connectivity index (χ2v) is 4.20. The van der Waals surface area contributed by atoms with Gasteiger partial charge in [0.1, 0.15) is 17.5 Å². The Labute approximate surface area is 151 Å². The van der Waals surface area contributed by atoms with E-state index in [1.54, 1.807) is 25.1 Å². The lowest BCUT2D eigenvalue weighted by Gasteiger charge is -2.03. The third-order valence-electron chi connectivity index (χ3n) is 2.51. The highest BCUT2D eigenvalue weighted by molar-refractivity contribution is 5.94. The molecule has 2 aromatic rings. The molecule has 0 aromatic heterocycles. The van der Waals surface area contributed by atoms with Crippen LogP contribution in [0.25, 0.3) is 0 Å². The summed E-state index contributed by atoms with van der Waals surface area (Å²) < 4.78 is 29.9. The Balaban J connectivity index is 0. The van der Waals surface area contributed by atoms with Crippen LogP contribution in [0, 0.1) is 22.5 Å². The molecule has 2 rings (SSSR count). The van der Waals surface area contributed by atoms with Gasteiger partial charge >= 0.3 is 0 Å². The fourth-order valence-corrected chi connectivity index (χ4v) is 1.51. The van der Waals surface area contributed by atoms with Gasteiger partial charge < -0.3 is 10.5 Å². The molecule has 0 atom stereocenters. The van der Waals surface area contributed by atoms with Crippen molar-refractivity contribution in [2.24, 2.45) is 5.73 Å². The van der Waals surface area contributed by atoms with Crippen LogP contribution in [0.4, 0.5) is 8.78 Å². The van der Waals surface area contributed by atoms with Crippen LogP contribution in [0.5, 0.6) is 0 Å². The summed E-state index contributed by atoms with van der Waals surface area (Å²) in [6, 6.07) is 11.5. The van der Waals surface area contributed by atoms with Gasteiger partial charge in [-0.25, -0.2) is 8.78 Å². The average Bonchev–Trinajstić information content (AvgIpc) is 2.48. The van der Waals surface area contributed by atoms with E-state index >= 15 is 0 Å².